The van der Waals surface area contributed by atoms with E-state index in [0.29, 0.717) is 12.0 Å². The molecule has 5 heteroatoms. The highest BCUT2D eigenvalue weighted by Crippen LogP contribution is 2.07. The Hall–Kier alpha value is -2.66. The van der Waals surface area contributed by atoms with Gasteiger partial charge in [-0.15, -0.1) is 0 Å². The lowest BCUT2D eigenvalue weighted by molar-refractivity contribution is -0.150. The van der Waals surface area contributed by atoms with E-state index in [1.54, 1.807) is 37.3 Å². The van der Waals surface area contributed by atoms with Gasteiger partial charge in [0.1, 0.15) is 6.61 Å². The number of carbonyl (C=O) groups is 2. The van der Waals surface area contributed by atoms with Crippen LogP contribution in [0.3, 0.4) is 0 Å². The van der Waals surface area contributed by atoms with Gasteiger partial charge >= 0.3 is 5.97 Å². The summed E-state index contributed by atoms with van der Waals surface area (Å²) in [5, 5.41) is 12.6. The van der Waals surface area contributed by atoms with E-state index in [1.165, 1.54) is 0 Å². The summed E-state index contributed by atoms with van der Waals surface area (Å²) in [7, 11) is 0. The number of benzene rings is 2. The van der Waals surface area contributed by atoms with Crippen molar-refractivity contribution in [1.82, 2.24) is 5.32 Å². The summed E-state index contributed by atoms with van der Waals surface area (Å²) < 4.78 is 5.24. The van der Waals surface area contributed by atoms with E-state index < -0.39 is 24.0 Å². The summed E-state index contributed by atoms with van der Waals surface area (Å²) in [4.78, 5) is 24.5. The molecule has 0 radical (unpaired) electrons. The third-order valence-corrected chi connectivity index (χ3v) is 3.60. The highest BCUT2D eigenvalue weighted by atomic mass is 16.5. The Morgan fingerprint density at radius 2 is 1.62 bits per heavy atom. The molecule has 2 rings (SSSR count). The Balaban J connectivity index is 2.02. The molecule has 0 aliphatic carbocycles. The molecule has 2 aromatic rings. The fraction of sp³-hybridized carbons (Fsp3) is 0.263. The molecule has 2 N–H and O–H groups in total. The first-order valence-electron chi connectivity index (χ1n) is 7.86. The van der Waals surface area contributed by atoms with E-state index in [2.05, 4.69) is 5.32 Å². The average molecular weight is 327 g/mol. The number of hydrogen-bond donors (Lipinski definition) is 2. The van der Waals surface area contributed by atoms with Gasteiger partial charge in [-0.05, 0) is 24.1 Å². The lowest BCUT2D eigenvalue weighted by atomic mass is 10.1. The van der Waals surface area contributed by atoms with Crippen LogP contribution >= 0.6 is 0 Å². The molecular formula is C19H21NO4. The van der Waals surface area contributed by atoms with Crippen molar-refractivity contribution in [3.63, 3.8) is 0 Å². The van der Waals surface area contributed by atoms with Crippen LogP contribution in [0.4, 0.5) is 0 Å². The fourth-order valence-corrected chi connectivity index (χ4v) is 2.18. The van der Waals surface area contributed by atoms with Gasteiger partial charge in [0.2, 0.25) is 0 Å². The zero-order valence-corrected chi connectivity index (χ0v) is 13.5. The lowest BCUT2D eigenvalue weighted by Gasteiger charge is -2.22. The van der Waals surface area contributed by atoms with Gasteiger partial charge < -0.3 is 15.2 Å². The summed E-state index contributed by atoms with van der Waals surface area (Å²) in [6, 6.07) is 16.7. The third kappa shape index (κ3) is 4.93. The summed E-state index contributed by atoms with van der Waals surface area (Å²) >= 11 is 0. The van der Waals surface area contributed by atoms with Crippen molar-refractivity contribution in [2.24, 2.45) is 0 Å². The fourth-order valence-electron chi connectivity index (χ4n) is 2.18. The SMILES string of the molecule is CC[C@H](O)[C@H](NC(=O)c1ccccc1)C(=O)OCc1ccccc1. The quantitative estimate of drug-likeness (QED) is 0.765. The Bertz CT molecular complexity index is 658. The molecule has 5 nitrogen and oxygen atoms in total. The highest BCUT2D eigenvalue weighted by molar-refractivity contribution is 5.96. The predicted octanol–water partition coefficient (Wildman–Crippen LogP) is 2.30. The van der Waals surface area contributed by atoms with E-state index in [1.807, 2.05) is 30.3 Å². The number of amides is 1. The minimum Gasteiger partial charge on any atom is -0.459 e. The Morgan fingerprint density at radius 3 is 2.21 bits per heavy atom. The van der Waals surface area contributed by atoms with Crippen LogP contribution in [0.25, 0.3) is 0 Å². The van der Waals surface area contributed by atoms with E-state index in [0.717, 1.165) is 5.56 Å². The molecule has 0 bridgehead atoms. The van der Waals surface area contributed by atoms with E-state index in [4.69, 9.17) is 4.74 Å². The molecule has 1 amide bonds. The van der Waals surface area contributed by atoms with Crippen LogP contribution in [-0.2, 0) is 16.1 Å². The summed E-state index contributed by atoms with van der Waals surface area (Å²) in [5.41, 5.74) is 1.26. The zero-order valence-electron chi connectivity index (χ0n) is 13.5. The summed E-state index contributed by atoms with van der Waals surface area (Å²) in [6.07, 6.45) is -0.693. The number of carbonyl (C=O) groups excluding carboxylic acids is 2. The molecule has 0 unspecified atom stereocenters. The van der Waals surface area contributed by atoms with E-state index in [9.17, 15) is 14.7 Å². The van der Waals surface area contributed by atoms with Crippen LogP contribution in [-0.4, -0.2) is 29.1 Å². The molecule has 0 saturated carbocycles. The van der Waals surface area contributed by atoms with Crippen LogP contribution in [0, 0.1) is 0 Å². The van der Waals surface area contributed by atoms with Crippen LogP contribution in [0.15, 0.2) is 60.7 Å². The van der Waals surface area contributed by atoms with Gasteiger partial charge in [-0.1, -0.05) is 55.5 Å². The maximum absolute atomic E-state index is 12.3. The van der Waals surface area contributed by atoms with Gasteiger partial charge in [-0.3, -0.25) is 4.79 Å². The van der Waals surface area contributed by atoms with Crippen LogP contribution in [0.2, 0.25) is 0 Å². The van der Waals surface area contributed by atoms with Gasteiger partial charge in [0, 0.05) is 5.56 Å². The van der Waals surface area contributed by atoms with Crippen molar-refractivity contribution >= 4 is 11.9 Å². The number of aliphatic hydroxyl groups is 1. The Morgan fingerprint density at radius 1 is 1.04 bits per heavy atom. The lowest BCUT2D eigenvalue weighted by Crippen LogP contribution is -2.49. The molecule has 24 heavy (non-hydrogen) atoms. The maximum Gasteiger partial charge on any atom is 0.331 e. The van der Waals surface area contributed by atoms with Gasteiger partial charge in [0.25, 0.3) is 5.91 Å². The van der Waals surface area contributed by atoms with Crippen LogP contribution < -0.4 is 5.32 Å². The Labute approximate surface area is 141 Å². The standard InChI is InChI=1S/C19H21NO4/c1-2-16(21)17(20-18(22)15-11-7-4-8-12-15)19(23)24-13-14-9-5-3-6-10-14/h3-12,16-17,21H,2,13H2,1H3,(H,20,22)/t16-,17-/m0/s1. The monoisotopic (exact) mass is 327 g/mol. The minimum absolute atomic E-state index is 0.0911. The number of rotatable bonds is 7. The van der Waals surface area contributed by atoms with E-state index >= 15 is 0 Å². The largest absolute Gasteiger partial charge is 0.459 e. The zero-order chi connectivity index (χ0) is 17.4. The summed E-state index contributed by atoms with van der Waals surface area (Å²) in [6.45, 7) is 1.82. The molecule has 0 aliphatic rings. The first-order chi connectivity index (χ1) is 11.6. The number of nitrogens with one attached hydrogen (secondary N) is 1. The van der Waals surface area contributed by atoms with Crippen LogP contribution in [0.5, 0.6) is 0 Å². The summed E-state index contributed by atoms with van der Waals surface area (Å²) in [5.74, 6) is -1.08. The van der Waals surface area contributed by atoms with Gasteiger partial charge in [-0.25, -0.2) is 4.79 Å². The maximum atomic E-state index is 12.3. The van der Waals surface area contributed by atoms with Crippen LogP contribution in [0.1, 0.15) is 29.3 Å². The van der Waals surface area contributed by atoms with Gasteiger partial charge in [0.15, 0.2) is 6.04 Å². The van der Waals surface area contributed by atoms with Crippen molar-refractivity contribution in [1.29, 1.82) is 0 Å². The van der Waals surface area contributed by atoms with Gasteiger partial charge in [-0.2, -0.15) is 0 Å². The van der Waals surface area contributed by atoms with Crippen molar-refractivity contribution in [3.05, 3.63) is 71.8 Å². The molecule has 0 aliphatic heterocycles. The molecule has 126 valence electrons. The molecule has 0 aromatic heterocycles. The molecule has 0 heterocycles. The smallest absolute Gasteiger partial charge is 0.331 e. The number of ether oxygens (including phenoxy) is 1. The molecular weight excluding hydrogens is 306 g/mol. The van der Waals surface area contributed by atoms with E-state index in [-0.39, 0.29) is 6.61 Å². The average Bonchev–Trinajstić information content (AvgIpc) is 2.65. The number of esters is 1. The third-order valence-electron chi connectivity index (χ3n) is 3.60. The van der Waals surface area contributed by atoms with Crippen molar-refractivity contribution < 1.29 is 19.4 Å². The van der Waals surface area contributed by atoms with Crippen molar-refractivity contribution in [2.75, 3.05) is 0 Å². The molecule has 0 saturated heterocycles. The number of aliphatic hydroxyl groups excluding tert-OH is 1. The topological polar surface area (TPSA) is 75.6 Å². The van der Waals surface area contributed by atoms with Crippen molar-refractivity contribution in [3.8, 4) is 0 Å². The normalized spacial score (nSPS) is 12.9. The first-order valence-corrected chi connectivity index (χ1v) is 7.86. The molecule has 2 atom stereocenters. The first kappa shape index (κ1) is 17.7. The van der Waals surface area contributed by atoms with Gasteiger partial charge in [0.05, 0.1) is 6.10 Å². The Kier molecular flexibility index (Phi) is 6.51. The second-order valence-corrected chi connectivity index (χ2v) is 5.39. The molecule has 0 fully saturated rings. The second-order valence-electron chi connectivity index (χ2n) is 5.39. The number of hydrogen-bond acceptors (Lipinski definition) is 4. The van der Waals surface area contributed by atoms with Crippen molar-refractivity contribution in [2.45, 2.75) is 32.1 Å². The highest BCUT2D eigenvalue weighted by Gasteiger charge is 2.29. The predicted molar refractivity (Wildman–Crippen MR) is 90.2 cm³/mol. The second kappa shape index (κ2) is 8.84. The molecule has 0 spiro atoms. The minimum atomic E-state index is -1.11. The molecule has 2 aromatic carbocycles.